The molecule has 5 nitrogen and oxygen atoms in total. The van der Waals surface area contributed by atoms with Crippen molar-refractivity contribution in [3.63, 3.8) is 0 Å². The summed E-state index contributed by atoms with van der Waals surface area (Å²) in [7, 11) is -2.96. The number of carbonyl (C=O) groups excluding carboxylic acids is 1. The van der Waals surface area contributed by atoms with Crippen molar-refractivity contribution in [2.75, 3.05) is 23.0 Å². The van der Waals surface area contributed by atoms with Gasteiger partial charge in [-0.25, -0.2) is 8.42 Å². The zero-order chi connectivity index (χ0) is 14.8. The molecule has 2 rings (SSSR count). The first-order valence-electron chi connectivity index (χ1n) is 6.03. The number of sulfone groups is 1. The minimum Gasteiger partial charge on any atom is -0.399 e. The van der Waals surface area contributed by atoms with Crippen molar-refractivity contribution >= 4 is 49.1 Å². The number of benzene rings is 1. The maximum atomic E-state index is 11.8. The van der Waals surface area contributed by atoms with Crippen LogP contribution in [0.4, 0.5) is 5.69 Å². The molecule has 0 aromatic heterocycles. The average Bonchev–Trinajstić information content (AvgIpc) is 2.67. The van der Waals surface area contributed by atoms with Crippen LogP contribution in [0, 0.1) is 0 Å². The molecule has 1 aliphatic rings. The second-order valence-electron chi connectivity index (χ2n) is 4.65. The van der Waals surface area contributed by atoms with Crippen LogP contribution in [0.1, 0.15) is 6.42 Å². The molecule has 110 valence electrons. The van der Waals surface area contributed by atoms with Crippen LogP contribution in [0.25, 0.3) is 0 Å². The maximum Gasteiger partial charge on any atom is 0.230 e. The van der Waals surface area contributed by atoms with Gasteiger partial charge in [0.2, 0.25) is 5.91 Å². The fourth-order valence-electron chi connectivity index (χ4n) is 1.96. The first kappa shape index (κ1) is 15.7. The topological polar surface area (TPSA) is 89.3 Å². The third-order valence-corrected chi connectivity index (χ3v) is 6.67. The summed E-state index contributed by atoms with van der Waals surface area (Å²) in [5.41, 5.74) is 6.30. The summed E-state index contributed by atoms with van der Waals surface area (Å²) >= 11 is 4.77. The SMILES string of the molecule is Nc1ccc(SCC(=O)NC2CCS(=O)(=O)C2)c(Br)c1. The van der Waals surface area contributed by atoms with Gasteiger partial charge in [0.1, 0.15) is 0 Å². The molecular weight excluding hydrogens is 364 g/mol. The van der Waals surface area contributed by atoms with Crippen molar-refractivity contribution in [3.8, 4) is 0 Å². The minimum atomic E-state index is -2.96. The Bertz CT molecular complexity index is 619. The van der Waals surface area contributed by atoms with Gasteiger partial charge in [-0.15, -0.1) is 11.8 Å². The molecule has 20 heavy (non-hydrogen) atoms. The van der Waals surface area contributed by atoms with Crippen LogP contribution in [0.15, 0.2) is 27.6 Å². The lowest BCUT2D eigenvalue weighted by Crippen LogP contribution is -2.36. The van der Waals surface area contributed by atoms with E-state index < -0.39 is 9.84 Å². The van der Waals surface area contributed by atoms with Gasteiger partial charge in [-0.1, -0.05) is 0 Å². The number of halogens is 1. The number of nitrogen functional groups attached to an aromatic ring is 1. The molecule has 0 aliphatic carbocycles. The lowest BCUT2D eigenvalue weighted by atomic mass is 10.3. The van der Waals surface area contributed by atoms with E-state index in [4.69, 9.17) is 5.73 Å². The van der Waals surface area contributed by atoms with Crippen LogP contribution in [0.5, 0.6) is 0 Å². The third-order valence-electron chi connectivity index (χ3n) is 2.91. The zero-order valence-electron chi connectivity index (χ0n) is 10.6. The number of rotatable bonds is 4. The van der Waals surface area contributed by atoms with Crippen molar-refractivity contribution in [3.05, 3.63) is 22.7 Å². The van der Waals surface area contributed by atoms with Crippen LogP contribution < -0.4 is 11.1 Å². The van der Waals surface area contributed by atoms with E-state index in [1.807, 2.05) is 6.07 Å². The Hall–Kier alpha value is -0.730. The van der Waals surface area contributed by atoms with Crippen LogP contribution in [-0.4, -0.2) is 37.6 Å². The van der Waals surface area contributed by atoms with E-state index in [1.54, 1.807) is 12.1 Å². The molecule has 1 aromatic rings. The third kappa shape index (κ3) is 4.39. The van der Waals surface area contributed by atoms with E-state index in [9.17, 15) is 13.2 Å². The molecule has 1 saturated heterocycles. The molecular formula is C12H15BrN2O3S2. The molecule has 8 heteroatoms. The van der Waals surface area contributed by atoms with Gasteiger partial charge < -0.3 is 11.1 Å². The molecule has 0 saturated carbocycles. The van der Waals surface area contributed by atoms with Crippen LogP contribution >= 0.6 is 27.7 Å². The monoisotopic (exact) mass is 378 g/mol. The Morgan fingerprint density at radius 1 is 1.50 bits per heavy atom. The molecule has 0 bridgehead atoms. The normalized spacial score (nSPS) is 20.8. The van der Waals surface area contributed by atoms with Crippen LogP contribution in [0.2, 0.25) is 0 Å². The van der Waals surface area contributed by atoms with Gasteiger partial charge in [-0.2, -0.15) is 0 Å². The van der Waals surface area contributed by atoms with Gasteiger partial charge >= 0.3 is 0 Å². The molecule has 1 atom stereocenters. The molecule has 1 heterocycles. The Balaban J connectivity index is 1.84. The fraction of sp³-hybridized carbons (Fsp3) is 0.417. The second kappa shape index (κ2) is 6.36. The van der Waals surface area contributed by atoms with Gasteiger partial charge in [-0.3, -0.25) is 4.79 Å². The molecule has 0 spiro atoms. The Kier molecular flexibility index (Phi) is 4.98. The zero-order valence-corrected chi connectivity index (χ0v) is 13.9. The summed E-state index contributed by atoms with van der Waals surface area (Å²) < 4.78 is 23.5. The van der Waals surface area contributed by atoms with Crippen LogP contribution in [-0.2, 0) is 14.6 Å². The van der Waals surface area contributed by atoms with Crippen molar-refractivity contribution in [1.82, 2.24) is 5.32 Å². The molecule has 1 aliphatic heterocycles. The summed E-state index contributed by atoms with van der Waals surface area (Å²) in [5.74, 6) is 0.309. The highest BCUT2D eigenvalue weighted by Gasteiger charge is 2.28. The van der Waals surface area contributed by atoms with Crippen LogP contribution in [0.3, 0.4) is 0 Å². The van der Waals surface area contributed by atoms with Gasteiger partial charge in [-0.05, 0) is 40.5 Å². The Morgan fingerprint density at radius 3 is 2.85 bits per heavy atom. The lowest BCUT2D eigenvalue weighted by Gasteiger charge is -2.11. The second-order valence-corrected chi connectivity index (χ2v) is 8.75. The minimum absolute atomic E-state index is 0.0506. The average molecular weight is 379 g/mol. The molecule has 3 N–H and O–H groups in total. The standard InChI is InChI=1S/C12H15BrN2O3S2/c13-10-5-8(14)1-2-11(10)19-6-12(16)15-9-3-4-20(17,18)7-9/h1-2,5,9H,3-4,6-7,14H2,(H,15,16). The van der Waals surface area contributed by atoms with Crippen molar-refractivity contribution < 1.29 is 13.2 Å². The van der Waals surface area contributed by atoms with E-state index in [1.165, 1.54) is 11.8 Å². The number of nitrogens with one attached hydrogen (secondary N) is 1. The number of carbonyl (C=O) groups is 1. The van der Waals surface area contributed by atoms with Gasteiger partial charge in [0.15, 0.2) is 9.84 Å². The number of hydrogen-bond acceptors (Lipinski definition) is 5. The van der Waals surface area contributed by atoms with E-state index in [-0.39, 0.29) is 29.2 Å². The van der Waals surface area contributed by atoms with E-state index in [0.717, 1.165) is 9.37 Å². The van der Waals surface area contributed by atoms with Gasteiger partial charge in [0, 0.05) is 21.1 Å². The van der Waals surface area contributed by atoms with E-state index in [2.05, 4.69) is 21.2 Å². The Labute approximate surface area is 130 Å². The fourth-order valence-corrected chi connectivity index (χ4v) is 5.10. The van der Waals surface area contributed by atoms with Crippen molar-refractivity contribution in [2.24, 2.45) is 0 Å². The molecule has 1 aromatic carbocycles. The predicted molar refractivity (Wildman–Crippen MR) is 84.5 cm³/mol. The first-order valence-corrected chi connectivity index (χ1v) is 9.63. The first-order chi connectivity index (χ1) is 9.35. The molecule has 1 amide bonds. The summed E-state index contributed by atoms with van der Waals surface area (Å²) in [6.45, 7) is 0. The quantitative estimate of drug-likeness (QED) is 0.610. The Morgan fingerprint density at radius 2 is 2.25 bits per heavy atom. The maximum absolute atomic E-state index is 11.8. The summed E-state index contributed by atoms with van der Waals surface area (Å²) in [4.78, 5) is 12.7. The smallest absolute Gasteiger partial charge is 0.230 e. The summed E-state index contributed by atoms with van der Waals surface area (Å²) in [6.07, 6.45) is 0.504. The summed E-state index contributed by atoms with van der Waals surface area (Å²) in [6, 6.07) is 5.15. The van der Waals surface area contributed by atoms with Gasteiger partial charge in [0.05, 0.1) is 17.3 Å². The molecule has 0 radical (unpaired) electrons. The number of nitrogens with two attached hydrogens (primary N) is 1. The molecule has 1 fully saturated rings. The van der Waals surface area contributed by atoms with Crippen molar-refractivity contribution in [2.45, 2.75) is 17.4 Å². The molecule has 1 unspecified atom stereocenters. The number of thioether (sulfide) groups is 1. The highest BCUT2D eigenvalue weighted by molar-refractivity contribution is 9.10. The number of hydrogen-bond donors (Lipinski definition) is 2. The van der Waals surface area contributed by atoms with Gasteiger partial charge in [0.25, 0.3) is 0 Å². The highest BCUT2D eigenvalue weighted by atomic mass is 79.9. The van der Waals surface area contributed by atoms with Crippen molar-refractivity contribution in [1.29, 1.82) is 0 Å². The van der Waals surface area contributed by atoms with E-state index >= 15 is 0 Å². The highest BCUT2D eigenvalue weighted by Crippen LogP contribution is 2.29. The predicted octanol–water partition coefficient (Wildman–Crippen LogP) is 1.43. The van der Waals surface area contributed by atoms with E-state index in [0.29, 0.717) is 12.1 Å². The lowest BCUT2D eigenvalue weighted by molar-refractivity contribution is -0.119. The summed E-state index contributed by atoms with van der Waals surface area (Å²) in [5, 5.41) is 2.76. The largest absolute Gasteiger partial charge is 0.399 e. The number of amides is 1. The number of anilines is 1.